The van der Waals surface area contributed by atoms with Crippen LogP contribution in [0.1, 0.15) is 35.8 Å². The number of nitrogens with one attached hydrogen (secondary N) is 1. The van der Waals surface area contributed by atoms with E-state index in [4.69, 9.17) is 13.9 Å². The molecule has 1 aromatic carbocycles. The van der Waals surface area contributed by atoms with Gasteiger partial charge >= 0.3 is 0 Å². The summed E-state index contributed by atoms with van der Waals surface area (Å²) >= 11 is 0. The second kappa shape index (κ2) is 6.22. The van der Waals surface area contributed by atoms with Crippen molar-refractivity contribution in [2.45, 2.75) is 31.8 Å². The van der Waals surface area contributed by atoms with Crippen LogP contribution in [0.25, 0.3) is 0 Å². The Morgan fingerprint density at radius 2 is 2.05 bits per heavy atom. The summed E-state index contributed by atoms with van der Waals surface area (Å²) in [5.74, 6) is 2.66. The van der Waals surface area contributed by atoms with Crippen LogP contribution in [-0.2, 0) is 13.0 Å². The average molecular weight is 287 g/mol. The molecule has 4 heteroatoms. The molecule has 1 N–H and O–H groups in total. The molecule has 0 saturated heterocycles. The molecule has 112 valence electrons. The van der Waals surface area contributed by atoms with E-state index in [0.29, 0.717) is 6.04 Å². The van der Waals surface area contributed by atoms with E-state index in [1.54, 1.807) is 20.5 Å². The minimum atomic E-state index is 0.376. The van der Waals surface area contributed by atoms with Gasteiger partial charge in [-0.05, 0) is 36.6 Å². The lowest BCUT2D eigenvalue weighted by molar-refractivity contribution is 0.354. The van der Waals surface area contributed by atoms with Crippen LogP contribution in [0.5, 0.6) is 11.5 Å². The molecule has 0 amide bonds. The number of fused-ring (bicyclic) bond motifs is 1. The van der Waals surface area contributed by atoms with Gasteiger partial charge in [-0.3, -0.25) is 0 Å². The van der Waals surface area contributed by atoms with Crippen molar-refractivity contribution < 1.29 is 13.9 Å². The van der Waals surface area contributed by atoms with Crippen molar-refractivity contribution in [3.63, 3.8) is 0 Å². The molecule has 0 aliphatic heterocycles. The van der Waals surface area contributed by atoms with E-state index in [1.165, 1.54) is 17.5 Å². The zero-order chi connectivity index (χ0) is 14.7. The molecule has 0 fully saturated rings. The first-order chi connectivity index (χ1) is 10.3. The fourth-order valence-electron chi connectivity index (χ4n) is 2.93. The van der Waals surface area contributed by atoms with Crippen LogP contribution in [0, 0.1) is 0 Å². The summed E-state index contributed by atoms with van der Waals surface area (Å²) in [6, 6.07) is 8.49. The van der Waals surface area contributed by atoms with Gasteiger partial charge in [-0.25, -0.2) is 0 Å². The third-order valence-corrected chi connectivity index (χ3v) is 4.05. The Kier molecular flexibility index (Phi) is 4.15. The largest absolute Gasteiger partial charge is 0.493 e. The molecule has 1 aliphatic rings. The molecule has 0 bridgehead atoms. The Morgan fingerprint density at radius 3 is 2.86 bits per heavy atom. The maximum absolute atomic E-state index is 5.53. The number of furan rings is 1. The highest BCUT2D eigenvalue weighted by atomic mass is 16.5. The number of hydrogen-bond acceptors (Lipinski definition) is 4. The first-order valence-electron chi connectivity index (χ1n) is 7.32. The van der Waals surface area contributed by atoms with E-state index in [9.17, 15) is 0 Å². The molecule has 21 heavy (non-hydrogen) atoms. The van der Waals surface area contributed by atoms with Crippen molar-refractivity contribution in [1.82, 2.24) is 5.32 Å². The van der Waals surface area contributed by atoms with Crippen LogP contribution < -0.4 is 14.8 Å². The van der Waals surface area contributed by atoms with Gasteiger partial charge in [0.1, 0.15) is 5.76 Å². The van der Waals surface area contributed by atoms with E-state index in [2.05, 4.69) is 17.4 Å². The number of ether oxygens (including phenoxy) is 2. The van der Waals surface area contributed by atoms with Gasteiger partial charge in [-0.15, -0.1) is 0 Å². The first kappa shape index (κ1) is 14.0. The normalized spacial score (nSPS) is 17.3. The third kappa shape index (κ3) is 2.90. The summed E-state index contributed by atoms with van der Waals surface area (Å²) in [4.78, 5) is 0. The van der Waals surface area contributed by atoms with Gasteiger partial charge in [-0.2, -0.15) is 0 Å². The highest BCUT2D eigenvalue weighted by Crippen LogP contribution is 2.31. The van der Waals surface area contributed by atoms with Gasteiger partial charge in [0, 0.05) is 24.6 Å². The minimum absolute atomic E-state index is 0.376. The Balaban J connectivity index is 1.69. The molecule has 2 aromatic rings. The SMILES string of the molecule is COc1ccc(CNC2CCCc3occc32)cc1OC. The summed E-state index contributed by atoms with van der Waals surface area (Å²) in [6.07, 6.45) is 5.17. The van der Waals surface area contributed by atoms with Gasteiger partial charge in [0.05, 0.1) is 20.5 Å². The molecule has 1 aliphatic carbocycles. The van der Waals surface area contributed by atoms with Crippen molar-refractivity contribution in [2.24, 2.45) is 0 Å². The average Bonchev–Trinajstić information content (AvgIpc) is 3.01. The maximum Gasteiger partial charge on any atom is 0.161 e. The number of methoxy groups -OCH3 is 2. The van der Waals surface area contributed by atoms with Crippen LogP contribution in [0.2, 0.25) is 0 Å². The molecule has 1 aromatic heterocycles. The molecule has 0 radical (unpaired) electrons. The van der Waals surface area contributed by atoms with Crippen LogP contribution in [0.3, 0.4) is 0 Å². The number of hydrogen-bond donors (Lipinski definition) is 1. The van der Waals surface area contributed by atoms with Gasteiger partial charge < -0.3 is 19.2 Å². The molecule has 1 unspecified atom stereocenters. The summed E-state index contributed by atoms with van der Waals surface area (Å²) < 4.78 is 16.1. The van der Waals surface area contributed by atoms with Crippen molar-refractivity contribution in [3.05, 3.63) is 47.4 Å². The quantitative estimate of drug-likeness (QED) is 0.914. The predicted molar refractivity (Wildman–Crippen MR) is 80.8 cm³/mol. The number of rotatable bonds is 5. The Morgan fingerprint density at radius 1 is 1.19 bits per heavy atom. The minimum Gasteiger partial charge on any atom is -0.493 e. The van der Waals surface area contributed by atoms with Crippen LogP contribution in [-0.4, -0.2) is 14.2 Å². The molecule has 1 atom stereocenters. The smallest absolute Gasteiger partial charge is 0.161 e. The summed E-state index contributed by atoms with van der Waals surface area (Å²) in [5.41, 5.74) is 2.49. The topological polar surface area (TPSA) is 43.6 Å². The zero-order valence-electron chi connectivity index (χ0n) is 12.5. The Bertz CT molecular complexity index is 606. The molecule has 0 saturated carbocycles. The van der Waals surface area contributed by atoms with E-state index < -0.39 is 0 Å². The monoisotopic (exact) mass is 287 g/mol. The van der Waals surface area contributed by atoms with Crippen molar-refractivity contribution in [2.75, 3.05) is 14.2 Å². The second-order valence-corrected chi connectivity index (χ2v) is 5.31. The van der Waals surface area contributed by atoms with Crippen LogP contribution >= 0.6 is 0 Å². The van der Waals surface area contributed by atoms with E-state index in [1.807, 2.05) is 12.1 Å². The van der Waals surface area contributed by atoms with Gasteiger partial charge in [-0.1, -0.05) is 6.07 Å². The Labute approximate surface area is 125 Å². The summed E-state index contributed by atoms with van der Waals surface area (Å²) in [5, 5.41) is 3.61. The van der Waals surface area contributed by atoms with Crippen molar-refractivity contribution >= 4 is 0 Å². The standard InChI is InChI=1S/C17H21NO3/c1-19-16-7-6-12(10-17(16)20-2)11-18-14-4-3-5-15-13(14)8-9-21-15/h6-10,14,18H,3-5,11H2,1-2H3. The lowest BCUT2D eigenvalue weighted by atomic mass is 9.93. The molecular weight excluding hydrogens is 266 g/mol. The van der Waals surface area contributed by atoms with E-state index in [-0.39, 0.29) is 0 Å². The van der Waals surface area contributed by atoms with Crippen molar-refractivity contribution in [3.8, 4) is 11.5 Å². The van der Waals surface area contributed by atoms with Gasteiger partial charge in [0.15, 0.2) is 11.5 Å². The van der Waals surface area contributed by atoms with E-state index in [0.717, 1.165) is 36.6 Å². The van der Waals surface area contributed by atoms with Crippen molar-refractivity contribution in [1.29, 1.82) is 0 Å². The third-order valence-electron chi connectivity index (χ3n) is 4.05. The molecule has 1 heterocycles. The molecule has 4 nitrogen and oxygen atoms in total. The van der Waals surface area contributed by atoms with Crippen LogP contribution in [0.4, 0.5) is 0 Å². The van der Waals surface area contributed by atoms with Crippen LogP contribution in [0.15, 0.2) is 34.9 Å². The lowest BCUT2D eigenvalue weighted by Crippen LogP contribution is -2.24. The Hall–Kier alpha value is -1.94. The molecule has 0 spiro atoms. The fourth-order valence-corrected chi connectivity index (χ4v) is 2.93. The fraction of sp³-hybridized carbons (Fsp3) is 0.412. The summed E-state index contributed by atoms with van der Waals surface area (Å²) in [7, 11) is 3.31. The van der Waals surface area contributed by atoms with Gasteiger partial charge in [0.2, 0.25) is 0 Å². The predicted octanol–water partition coefficient (Wildman–Crippen LogP) is 3.46. The van der Waals surface area contributed by atoms with Gasteiger partial charge in [0.25, 0.3) is 0 Å². The molecule has 3 rings (SSSR count). The highest BCUT2D eigenvalue weighted by molar-refractivity contribution is 5.42. The zero-order valence-corrected chi connectivity index (χ0v) is 12.5. The first-order valence-corrected chi connectivity index (χ1v) is 7.32. The number of benzene rings is 1. The maximum atomic E-state index is 5.53. The lowest BCUT2D eigenvalue weighted by Gasteiger charge is -2.23. The van der Waals surface area contributed by atoms with E-state index >= 15 is 0 Å². The highest BCUT2D eigenvalue weighted by Gasteiger charge is 2.22. The second-order valence-electron chi connectivity index (χ2n) is 5.31. The summed E-state index contributed by atoms with van der Waals surface area (Å²) in [6.45, 7) is 0.801. The molecular formula is C17H21NO3. The number of aryl methyl sites for hydroxylation is 1.